The Labute approximate surface area is 200 Å². The Kier molecular flexibility index (Phi) is 8.36. The highest BCUT2D eigenvalue weighted by Crippen LogP contribution is 2.26. The minimum Gasteiger partial charge on any atom is -0.497 e. The number of sulfonamides is 1. The second-order valence-corrected chi connectivity index (χ2v) is 9.90. The van der Waals surface area contributed by atoms with Gasteiger partial charge in [0.05, 0.1) is 17.7 Å². The van der Waals surface area contributed by atoms with Crippen LogP contribution in [0, 0.1) is 6.92 Å². The smallest absolute Gasteiger partial charge is 0.264 e. The summed E-state index contributed by atoms with van der Waals surface area (Å²) >= 11 is 6.09. The molecule has 0 saturated carbocycles. The van der Waals surface area contributed by atoms with Gasteiger partial charge in [-0.15, -0.1) is 0 Å². The highest BCUT2D eigenvalue weighted by atomic mass is 35.5. The third kappa shape index (κ3) is 6.73. The van der Waals surface area contributed by atoms with Gasteiger partial charge >= 0.3 is 0 Å². The van der Waals surface area contributed by atoms with Crippen LogP contribution in [0.25, 0.3) is 0 Å². The number of nitrogens with zero attached hydrogens (tertiary/aromatic N) is 1. The summed E-state index contributed by atoms with van der Waals surface area (Å²) in [6.07, 6.45) is 1.50. The number of hydrogen-bond donors (Lipinski definition) is 1. The molecule has 0 fully saturated rings. The maximum Gasteiger partial charge on any atom is 0.264 e. The maximum atomic E-state index is 13.4. The molecular weight excluding hydrogens is 460 g/mol. The minimum atomic E-state index is -3.96. The van der Waals surface area contributed by atoms with Gasteiger partial charge in [-0.3, -0.25) is 9.10 Å². The number of nitrogens with one attached hydrogen (secondary N) is 1. The van der Waals surface area contributed by atoms with Crippen molar-refractivity contribution in [2.75, 3.05) is 24.5 Å². The van der Waals surface area contributed by atoms with Gasteiger partial charge in [0.2, 0.25) is 5.91 Å². The molecule has 174 valence electrons. The number of benzene rings is 3. The summed E-state index contributed by atoms with van der Waals surface area (Å²) < 4.78 is 32.9. The van der Waals surface area contributed by atoms with Crippen molar-refractivity contribution >= 4 is 33.2 Å². The number of hydrogen-bond acceptors (Lipinski definition) is 4. The SMILES string of the molecule is COc1ccc(CCCNC(=O)CN(c2cccc(Cl)c2)S(=O)(=O)c2ccc(C)cc2)cc1. The summed E-state index contributed by atoms with van der Waals surface area (Å²) in [6.45, 7) is 1.96. The molecule has 0 heterocycles. The number of carbonyl (C=O) groups is 1. The van der Waals surface area contributed by atoms with Crippen molar-refractivity contribution < 1.29 is 17.9 Å². The van der Waals surface area contributed by atoms with Crippen LogP contribution in [0.15, 0.2) is 77.7 Å². The van der Waals surface area contributed by atoms with E-state index in [1.807, 2.05) is 31.2 Å². The minimum absolute atomic E-state index is 0.111. The first-order chi connectivity index (χ1) is 15.8. The lowest BCUT2D eigenvalue weighted by Crippen LogP contribution is -2.41. The molecule has 0 aliphatic heterocycles. The number of anilines is 1. The lowest BCUT2D eigenvalue weighted by Gasteiger charge is -2.24. The molecule has 0 aliphatic carbocycles. The van der Waals surface area contributed by atoms with E-state index in [4.69, 9.17) is 16.3 Å². The Morgan fingerprint density at radius 1 is 1.03 bits per heavy atom. The van der Waals surface area contributed by atoms with E-state index in [0.717, 1.165) is 34.0 Å². The molecule has 0 bridgehead atoms. The van der Waals surface area contributed by atoms with Gasteiger partial charge in [0.1, 0.15) is 12.3 Å². The molecule has 8 heteroatoms. The predicted molar refractivity (Wildman–Crippen MR) is 131 cm³/mol. The second kappa shape index (κ2) is 11.2. The first-order valence-corrected chi connectivity index (χ1v) is 12.4. The van der Waals surface area contributed by atoms with Crippen molar-refractivity contribution in [1.29, 1.82) is 0 Å². The number of carbonyl (C=O) groups excluding carboxylic acids is 1. The molecule has 0 saturated heterocycles. The van der Waals surface area contributed by atoms with E-state index in [1.54, 1.807) is 37.4 Å². The van der Waals surface area contributed by atoms with Gasteiger partial charge in [-0.25, -0.2) is 8.42 Å². The van der Waals surface area contributed by atoms with Crippen LogP contribution in [0.5, 0.6) is 5.75 Å². The third-order valence-corrected chi connectivity index (χ3v) is 7.14. The van der Waals surface area contributed by atoms with E-state index in [2.05, 4.69) is 5.32 Å². The van der Waals surface area contributed by atoms with Crippen LogP contribution in [-0.2, 0) is 21.2 Å². The quantitative estimate of drug-likeness (QED) is 0.425. The molecule has 0 aliphatic rings. The highest BCUT2D eigenvalue weighted by Gasteiger charge is 2.27. The summed E-state index contributed by atoms with van der Waals surface area (Å²) in [6, 6.07) is 20.7. The van der Waals surface area contributed by atoms with Gasteiger partial charge in [-0.1, -0.05) is 47.5 Å². The van der Waals surface area contributed by atoms with Crippen molar-refractivity contribution in [1.82, 2.24) is 5.32 Å². The standard InChI is InChI=1S/C25H27ClN2O4S/c1-19-8-14-24(15-9-19)33(30,31)28(22-7-3-6-21(26)17-22)18-25(29)27-16-4-5-20-10-12-23(32-2)13-11-20/h3,6-15,17H,4-5,16,18H2,1-2H3,(H,27,29). The van der Waals surface area contributed by atoms with Crippen LogP contribution in [0.3, 0.4) is 0 Å². The fourth-order valence-electron chi connectivity index (χ4n) is 3.28. The van der Waals surface area contributed by atoms with Crippen molar-refractivity contribution in [3.05, 3.63) is 88.9 Å². The molecule has 1 amide bonds. The fraction of sp³-hybridized carbons (Fsp3) is 0.240. The van der Waals surface area contributed by atoms with Gasteiger partial charge < -0.3 is 10.1 Å². The summed E-state index contributed by atoms with van der Waals surface area (Å²) in [4.78, 5) is 12.8. The molecule has 0 spiro atoms. The third-order valence-electron chi connectivity index (χ3n) is 5.12. The number of methoxy groups -OCH3 is 1. The summed E-state index contributed by atoms with van der Waals surface area (Å²) in [5.41, 5.74) is 2.40. The maximum absolute atomic E-state index is 13.4. The molecule has 6 nitrogen and oxygen atoms in total. The van der Waals surface area contributed by atoms with E-state index in [-0.39, 0.29) is 17.3 Å². The van der Waals surface area contributed by atoms with Crippen LogP contribution in [0.1, 0.15) is 17.5 Å². The summed E-state index contributed by atoms with van der Waals surface area (Å²) in [5.74, 6) is 0.406. The molecule has 0 atom stereocenters. The number of amides is 1. The molecule has 33 heavy (non-hydrogen) atoms. The Morgan fingerprint density at radius 3 is 2.36 bits per heavy atom. The van der Waals surface area contributed by atoms with Crippen molar-refractivity contribution in [3.63, 3.8) is 0 Å². The van der Waals surface area contributed by atoms with Crippen molar-refractivity contribution in [2.45, 2.75) is 24.7 Å². The number of aryl methyl sites for hydroxylation is 2. The van der Waals surface area contributed by atoms with Crippen molar-refractivity contribution in [3.8, 4) is 5.75 Å². The van der Waals surface area contributed by atoms with Gasteiger partial charge in [-0.05, 0) is 67.8 Å². The zero-order chi connectivity index (χ0) is 23.8. The monoisotopic (exact) mass is 486 g/mol. The lowest BCUT2D eigenvalue weighted by molar-refractivity contribution is -0.119. The number of halogens is 1. The van der Waals surface area contributed by atoms with E-state index in [0.29, 0.717) is 17.3 Å². The molecular formula is C25H27ClN2O4S. The lowest BCUT2D eigenvalue weighted by atomic mass is 10.1. The normalized spacial score (nSPS) is 11.1. The van der Waals surface area contributed by atoms with Gasteiger partial charge in [0.25, 0.3) is 10.0 Å². The average Bonchev–Trinajstić information content (AvgIpc) is 2.81. The van der Waals surface area contributed by atoms with Gasteiger partial charge in [0, 0.05) is 11.6 Å². The first-order valence-electron chi connectivity index (χ1n) is 10.5. The molecule has 3 rings (SSSR count). The number of ether oxygens (including phenoxy) is 1. The van der Waals surface area contributed by atoms with Crippen molar-refractivity contribution in [2.24, 2.45) is 0 Å². The van der Waals surface area contributed by atoms with E-state index in [9.17, 15) is 13.2 Å². The fourth-order valence-corrected chi connectivity index (χ4v) is 4.88. The topological polar surface area (TPSA) is 75.7 Å². The Morgan fingerprint density at radius 2 is 1.73 bits per heavy atom. The Balaban J connectivity index is 1.68. The summed E-state index contributed by atoms with van der Waals surface area (Å²) in [7, 11) is -2.34. The van der Waals surface area contributed by atoms with Crippen LogP contribution >= 0.6 is 11.6 Å². The average molecular weight is 487 g/mol. The van der Waals surface area contributed by atoms with Crippen LogP contribution < -0.4 is 14.4 Å². The second-order valence-electron chi connectivity index (χ2n) is 7.61. The molecule has 3 aromatic carbocycles. The molecule has 0 aromatic heterocycles. The Bertz CT molecular complexity index is 1180. The zero-order valence-corrected chi connectivity index (χ0v) is 20.2. The van der Waals surface area contributed by atoms with Gasteiger partial charge in [-0.2, -0.15) is 0 Å². The Hall–Kier alpha value is -3.03. The zero-order valence-electron chi connectivity index (χ0n) is 18.6. The highest BCUT2D eigenvalue weighted by molar-refractivity contribution is 7.92. The number of rotatable bonds is 10. The van der Waals surface area contributed by atoms with E-state index >= 15 is 0 Å². The van der Waals surface area contributed by atoms with Gasteiger partial charge in [0.15, 0.2) is 0 Å². The molecule has 3 aromatic rings. The summed E-state index contributed by atoms with van der Waals surface area (Å²) in [5, 5.41) is 3.21. The van der Waals surface area contributed by atoms with E-state index < -0.39 is 10.0 Å². The van der Waals surface area contributed by atoms with Crippen LogP contribution in [0.2, 0.25) is 5.02 Å². The molecule has 0 unspecified atom stereocenters. The van der Waals surface area contributed by atoms with E-state index in [1.165, 1.54) is 18.2 Å². The van der Waals surface area contributed by atoms with Crippen LogP contribution in [-0.4, -0.2) is 34.5 Å². The molecule has 1 N–H and O–H groups in total. The van der Waals surface area contributed by atoms with Crippen LogP contribution in [0.4, 0.5) is 5.69 Å². The molecule has 0 radical (unpaired) electrons. The first kappa shape index (κ1) is 24.6. The largest absolute Gasteiger partial charge is 0.497 e. The predicted octanol–water partition coefficient (Wildman–Crippen LogP) is 4.60.